The number of alkyl carbamates (subject to hydrolysis) is 1. The Hall–Kier alpha value is -8.34. The molecule has 14 nitrogen and oxygen atoms in total. The van der Waals surface area contributed by atoms with E-state index in [1.165, 1.54) is 4.68 Å². The molecule has 0 fully saturated rings. The summed E-state index contributed by atoms with van der Waals surface area (Å²) in [5.41, 5.74) is 12.8. The minimum atomic E-state index is -0.602. The molecule has 0 aliphatic heterocycles. The number of aromatic nitrogens is 4. The van der Waals surface area contributed by atoms with E-state index in [1.807, 2.05) is 140 Å². The summed E-state index contributed by atoms with van der Waals surface area (Å²) in [5, 5.41) is 17.2. The first-order valence-corrected chi connectivity index (χ1v) is 24.9. The van der Waals surface area contributed by atoms with Gasteiger partial charge in [0.25, 0.3) is 11.8 Å². The van der Waals surface area contributed by atoms with Gasteiger partial charge in [0.1, 0.15) is 17.0 Å². The first kappa shape index (κ1) is 56.9. The second-order valence-electron chi connectivity index (χ2n) is 18.7. The highest BCUT2D eigenvalue weighted by Crippen LogP contribution is 2.34. The lowest BCUT2D eigenvalue weighted by Crippen LogP contribution is -2.32. The third-order valence-electron chi connectivity index (χ3n) is 11.6. The number of rotatable bonds is 17. The topological polar surface area (TPSA) is 165 Å². The number of para-hydroxylation sites is 2. The van der Waals surface area contributed by atoms with Gasteiger partial charge in [-0.05, 0) is 144 Å². The van der Waals surface area contributed by atoms with Gasteiger partial charge in [0.05, 0.1) is 45.5 Å². The van der Waals surface area contributed by atoms with E-state index in [4.69, 9.17) is 10.5 Å². The van der Waals surface area contributed by atoms with Crippen LogP contribution >= 0.6 is 12.4 Å². The van der Waals surface area contributed by atoms with Crippen LogP contribution in [0.2, 0.25) is 0 Å². The second kappa shape index (κ2) is 26.2. The van der Waals surface area contributed by atoms with Gasteiger partial charge in [0.2, 0.25) is 0 Å². The molecule has 6 aromatic carbocycles. The molecule has 396 valence electrons. The number of nitrogens with zero attached hydrogens (tertiary/aromatic N) is 6. The normalized spacial score (nSPS) is 10.9. The zero-order chi connectivity index (χ0) is 53.6. The van der Waals surface area contributed by atoms with Gasteiger partial charge in [-0.3, -0.25) is 9.59 Å². The van der Waals surface area contributed by atoms with Gasteiger partial charge in [-0.2, -0.15) is 10.2 Å². The molecule has 0 saturated carbocycles. The van der Waals surface area contributed by atoms with Crippen LogP contribution in [0.15, 0.2) is 158 Å². The van der Waals surface area contributed by atoms with Gasteiger partial charge >= 0.3 is 6.09 Å². The number of nitrogens with one attached hydrogen (secondary N) is 3. The largest absolute Gasteiger partial charge is 0.444 e. The molecule has 0 atom stereocenters. The molecular formula is C59H65ClF2N10O4. The molecule has 2 heterocycles. The Morgan fingerprint density at radius 3 is 1.43 bits per heavy atom. The van der Waals surface area contributed by atoms with Crippen molar-refractivity contribution in [3.05, 3.63) is 203 Å². The van der Waals surface area contributed by atoms with Gasteiger partial charge in [-0.1, -0.05) is 86.6 Å². The molecule has 8 aromatic rings. The number of halogens is 3. The Balaban J connectivity index is 0.000000247. The van der Waals surface area contributed by atoms with Gasteiger partial charge in [0, 0.05) is 37.6 Å². The number of hydrogen-bond acceptors (Lipinski definition) is 9. The van der Waals surface area contributed by atoms with Crippen LogP contribution in [0.3, 0.4) is 0 Å². The summed E-state index contributed by atoms with van der Waals surface area (Å²) in [4.78, 5) is 42.6. The number of ether oxygens (including phenoxy) is 1. The van der Waals surface area contributed by atoms with Crippen molar-refractivity contribution >= 4 is 64.4 Å². The maximum atomic E-state index is 15.8. The van der Waals surface area contributed by atoms with Crippen LogP contribution in [0.1, 0.15) is 91.0 Å². The number of carbonyl (C=O) groups is 3. The summed E-state index contributed by atoms with van der Waals surface area (Å²) in [7, 11) is 0. The first-order valence-electron chi connectivity index (χ1n) is 24.9. The molecule has 2 aromatic heterocycles. The molecule has 17 heteroatoms. The van der Waals surface area contributed by atoms with Crippen LogP contribution in [-0.2, 0) is 17.8 Å². The molecule has 8 rings (SSSR count). The van der Waals surface area contributed by atoms with Crippen molar-refractivity contribution in [3.63, 3.8) is 0 Å². The molecule has 0 radical (unpaired) electrons. The predicted octanol–water partition coefficient (Wildman–Crippen LogP) is 13.1. The SMILES string of the molecule is CCCN(c1ccccc1)c1cccc(NC(=O)c2cc(C)nn2-c2cccc(CN)c2)c1F.CCCN(c1ccccc1)c1cccc(NC(=O)c2cc(C)nn2-c2cccc(CNC(=O)OC(C)(C)C)c2)c1F.Cl. The Labute approximate surface area is 449 Å². The number of hydrogen-bond donors (Lipinski definition) is 4. The van der Waals surface area contributed by atoms with Gasteiger partial charge in [-0.25, -0.2) is 22.9 Å². The Morgan fingerprint density at radius 1 is 0.592 bits per heavy atom. The Kier molecular flexibility index (Phi) is 19.7. The van der Waals surface area contributed by atoms with Crippen LogP contribution in [0.5, 0.6) is 0 Å². The number of anilines is 6. The van der Waals surface area contributed by atoms with Crippen LogP contribution in [0, 0.1) is 25.5 Å². The molecule has 5 N–H and O–H groups in total. The molecule has 76 heavy (non-hydrogen) atoms. The van der Waals surface area contributed by atoms with E-state index in [0.717, 1.165) is 35.3 Å². The minimum Gasteiger partial charge on any atom is -0.444 e. The van der Waals surface area contributed by atoms with Crippen molar-refractivity contribution in [2.24, 2.45) is 5.73 Å². The third-order valence-corrected chi connectivity index (χ3v) is 11.6. The van der Waals surface area contributed by atoms with E-state index >= 15 is 8.78 Å². The highest BCUT2D eigenvalue weighted by Gasteiger charge is 2.23. The fourth-order valence-corrected chi connectivity index (χ4v) is 8.28. The van der Waals surface area contributed by atoms with E-state index in [9.17, 15) is 14.4 Å². The minimum absolute atomic E-state index is 0. The lowest BCUT2D eigenvalue weighted by Gasteiger charge is -2.25. The van der Waals surface area contributed by atoms with Crippen LogP contribution in [-0.4, -0.2) is 56.2 Å². The maximum Gasteiger partial charge on any atom is 0.407 e. The van der Waals surface area contributed by atoms with Crippen LogP contribution < -0.4 is 31.5 Å². The molecule has 0 spiro atoms. The summed E-state index contributed by atoms with van der Waals surface area (Å²) >= 11 is 0. The summed E-state index contributed by atoms with van der Waals surface area (Å²) in [5.74, 6) is -1.95. The Morgan fingerprint density at radius 2 is 1.01 bits per heavy atom. The maximum absolute atomic E-state index is 15.8. The monoisotopic (exact) mass is 1050 g/mol. The van der Waals surface area contributed by atoms with Crippen molar-refractivity contribution in [1.29, 1.82) is 0 Å². The summed E-state index contributed by atoms with van der Waals surface area (Å²) < 4.78 is 39.8. The fourth-order valence-electron chi connectivity index (χ4n) is 8.28. The number of carbonyl (C=O) groups excluding carboxylic acids is 3. The molecule has 3 amide bonds. The molecule has 0 aliphatic rings. The van der Waals surface area contributed by atoms with Crippen LogP contribution in [0.25, 0.3) is 11.4 Å². The highest BCUT2D eigenvalue weighted by molar-refractivity contribution is 6.04. The molecule has 0 bridgehead atoms. The second-order valence-corrected chi connectivity index (χ2v) is 18.7. The van der Waals surface area contributed by atoms with E-state index in [0.29, 0.717) is 59.5 Å². The van der Waals surface area contributed by atoms with Crippen LogP contribution in [0.4, 0.5) is 47.7 Å². The molecule has 0 aliphatic carbocycles. The smallest absolute Gasteiger partial charge is 0.407 e. The van der Waals surface area contributed by atoms with Gasteiger partial charge in [0.15, 0.2) is 11.6 Å². The van der Waals surface area contributed by atoms with Crippen molar-refractivity contribution < 1.29 is 27.9 Å². The lowest BCUT2D eigenvalue weighted by atomic mass is 10.2. The molecule has 0 saturated heterocycles. The Bertz CT molecular complexity index is 3230. The third kappa shape index (κ3) is 14.5. The molecule has 0 unspecified atom stereocenters. The van der Waals surface area contributed by atoms with E-state index in [-0.39, 0.29) is 36.0 Å². The zero-order valence-electron chi connectivity index (χ0n) is 43.8. The van der Waals surface area contributed by atoms with E-state index in [1.54, 1.807) is 80.9 Å². The predicted molar refractivity (Wildman–Crippen MR) is 301 cm³/mol. The van der Waals surface area contributed by atoms with Crippen molar-refractivity contribution in [2.45, 2.75) is 80.0 Å². The average Bonchev–Trinajstić information content (AvgIpc) is 4.01. The summed E-state index contributed by atoms with van der Waals surface area (Å²) in [6, 6.07) is 47.4. The van der Waals surface area contributed by atoms with E-state index < -0.39 is 35.1 Å². The average molecular weight is 1050 g/mol. The quantitative estimate of drug-likeness (QED) is 0.0695. The van der Waals surface area contributed by atoms with Gasteiger partial charge in [-0.15, -0.1) is 12.4 Å². The van der Waals surface area contributed by atoms with Crippen molar-refractivity contribution in [2.75, 3.05) is 33.5 Å². The van der Waals surface area contributed by atoms with Crippen molar-refractivity contribution in [3.8, 4) is 11.4 Å². The molecular weight excluding hydrogens is 986 g/mol. The number of benzene rings is 6. The standard InChI is InChI=1S/C32H36FN5O3.C27H28FN5O.ClH/c1-6-18-37(24-13-8-7-9-14-24)27-17-11-16-26(29(27)33)35-30(39)28-19-22(2)36-38(28)25-15-10-12-23(20-25)21-34-31(40)41-32(3,4)5;1-3-15-32(21-10-5-4-6-11-21)24-14-8-13-23(26(24)28)30-27(34)25-16-19(2)31-33(25)22-12-7-9-20(17-22)18-29;/h7-17,19-20H,6,18,21H2,1-5H3,(H,34,40)(H,35,39);4-14,16-17H,3,15,18,29H2,1-2H3,(H,30,34);1H. The summed E-state index contributed by atoms with van der Waals surface area (Å²) in [6.45, 7) is 14.9. The highest BCUT2D eigenvalue weighted by atomic mass is 35.5. The van der Waals surface area contributed by atoms with Crippen molar-refractivity contribution in [1.82, 2.24) is 24.9 Å². The number of aryl methyl sites for hydroxylation is 2. The number of amides is 3. The van der Waals surface area contributed by atoms with E-state index in [2.05, 4.69) is 26.1 Å². The summed E-state index contributed by atoms with van der Waals surface area (Å²) in [6.07, 6.45) is 1.13. The first-order chi connectivity index (χ1) is 36.1. The van der Waals surface area contributed by atoms with Gasteiger partial charge < -0.3 is 36.2 Å². The fraction of sp³-hybridized carbons (Fsp3) is 0.237. The number of nitrogens with two attached hydrogens (primary N) is 1. The zero-order valence-corrected chi connectivity index (χ0v) is 44.6. The lowest BCUT2D eigenvalue weighted by molar-refractivity contribution is 0.0523.